The molecule has 0 spiro atoms. The molecule has 0 saturated carbocycles. The van der Waals surface area contributed by atoms with Gasteiger partial charge in [-0.05, 0) is 42.8 Å². The van der Waals surface area contributed by atoms with Gasteiger partial charge in [-0.1, -0.05) is 41.1 Å². The standard InChI is InChI=1S/C23H16ClN3O4S/c1-13-8-9-17(24)20-19(13)25-23(32-20)26(11-14-5-4-10-31-14)18(28)12-27-21(29)15-6-2-3-7-16(15)22(27)30/h2-10H,11-12H2,1H3. The van der Waals surface area contributed by atoms with Gasteiger partial charge in [0.25, 0.3) is 11.8 Å². The van der Waals surface area contributed by atoms with E-state index < -0.39 is 24.3 Å². The van der Waals surface area contributed by atoms with Crippen LogP contribution in [0.25, 0.3) is 10.2 Å². The molecule has 1 aliphatic heterocycles. The maximum absolute atomic E-state index is 13.4. The molecule has 9 heteroatoms. The molecule has 0 bridgehead atoms. The highest BCUT2D eigenvalue weighted by atomic mass is 35.5. The lowest BCUT2D eigenvalue weighted by Gasteiger charge is -2.21. The fourth-order valence-electron chi connectivity index (χ4n) is 3.63. The number of carbonyl (C=O) groups excluding carboxylic acids is 3. The van der Waals surface area contributed by atoms with Gasteiger partial charge in [-0.25, -0.2) is 4.98 Å². The summed E-state index contributed by atoms with van der Waals surface area (Å²) in [4.78, 5) is 45.9. The Balaban J connectivity index is 1.50. The summed E-state index contributed by atoms with van der Waals surface area (Å²) in [6, 6.07) is 13.7. The summed E-state index contributed by atoms with van der Waals surface area (Å²) in [5.41, 5.74) is 2.23. The number of hydrogen-bond donors (Lipinski definition) is 0. The summed E-state index contributed by atoms with van der Waals surface area (Å²) in [6.45, 7) is 1.61. The maximum atomic E-state index is 13.4. The lowest BCUT2D eigenvalue weighted by Crippen LogP contribution is -2.42. The lowest BCUT2D eigenvalue weighted by atomic mass is 10.1. The highest BCUT2D eigenvalue weighted by Gasteiger charge is 2.37. The van der Waals surface area contributed by atoms with Crippen molar-refractivity contribution in [1.82, 2.24) is 9.88 Å². The van der Waals surface area contributed by atoms with Crippen LogP contribution in [0.3, 0.4) is 0 Å². The van der Waals surface area contributed by atoms with E-state index in [1.807, 2.05) is 13.0 Å². The van der Waals surface area contributed by atoms with Crippen LogP contribution in [0.1, 0.15) is 32.0 Å². The highest BCUT2D eigenvalue weighted by molar-refractivity contribution is 7.23. The molecule has 0 saturated heterocycles. The zero-order valence-electron chi connectivity index (χ0n) is 16.9. The summed E-state index contributed by atoms with van der Waals surface area (Å²) in [5.74, 6) is -0.883. The SMILES string of the molecule is Cc1ccc(Cl)c2sc(N(Cc3ccco3)C(=O)CN3C(=O)c4ccccc4C3=O)nc12. The van der Waals surface area contributed by atoms with Crippen molar-refractivity contribution in [3.8, 4) is 0 Å². The minimum Gasteiger partial charge on any atom is -0.467 e. The summed E-state index contributed by atoms with van der Waals surface area (Å²) in [7, 11) is 0. The van der Waals surface area contributed by atoms with Gasteiger partial charge in [0.2, 0.25) is 5.91 Å². The summed E-state index contributed by atoms with van der Waals surface area (Å²) in [6.07, 6.45) is 1.52. The van der Waals surface area contributed by atoms with Crippen molar-refractivity contribution in [3.63, 3.8) is 0 Å². The Morgan fingerprint density at radius 2 is 1.81 bits per heavy atom. The van der Waals surface area contributed by atoms with Crippen LogP contribution in [0.2, 0.25) is 5.02 Å². The number of thiazole rings is 1. The van der Waals surface area contributed by atoms with Crippen LogP contribution in [0.5, 0.6) is 0 Å². The third-order valence-corrected chi connectivity index (χ3v) is 6.82. The van der Waals surface area contributed by atoms with Gasteiger partial charge in [-0.15, -0.1) is 0 Å². The van der Waals surface area contributed by atoms with Gasteiger partial charge in [0.1, 0.15) is 12.3 Å². The summed E-state index contributed by atoms with van der Waals surface area (Å²) < 4.78 is 6.19. The first kappa shape index (κ1) is 20.4. The second-order valence-corrected chi connectivity index (χ2v) is 8.72. The average molecular weight is 466 g/mol. The van der Waals surface area contributed by atoms with Crippen LogP contribution in [-0.4, -0.2) is 34.2 Å². The Morgan fingerprint density at radius 1 is 1.09 bits per heavy atom. The molecule has 0 radical (unpaired) electrons. The molecule has 5 rings (SSSR count). The van der Waals surface area contributed by atoms with Crippen molar-refractivity contribution in [2.75, 3.05) is 11.4 Å². The minimum atomic E-state index is -0.486. The molecule has 0 fully saturated rings. The molecule has 32 heavy (non-hydrogen) atoms. The Bertz CT molecular complexity index is 1310. The molecule has 0 N–H and O–H groups in total. The molecule has 0 aliphatic carbocycles. The maximum Gasteiger partial charge on any atom is 0.262 e. The van der Waals surface area contributed by atoms with Crippen molar-refractivity contribution in [3.05, 3.63) is 82.3 Å². The Hall–Kier alpha value is -3.49. The third-order valence-electron chi connectivity index (χ3n) is 5.28. The van der Waals surface area contributed by atoms with E-state index in [0.29, 0.717) is 32.6 Å². The van der Waals surface area contributed by atoms with Gasteiger partial charge in [-0.2, -0.15) is 0 Å². The number of rotatable bonds is 5. The molecular weight excluding hydrogens is 450 g/mol. The van der Waals surface area contributed by atoms with Crippen LogP contribution in [0.4, 0.5) is 5.13 Å². The second kappa shape index (κ2) is 7.89. The quantitative estimate of drug-likeness (QED) is 0.399. The average Bonchev–Trinajstić information content (AvgIpc) is 3.52. The first-order valence-electron chi connectivity index (χ1n) is 9.77. The van der Waals surface area contributed by atoms with E-state index in [9.17, 15) is 14.4 Å². The van der Waals surface area contributed by atoms with Gasteiger partial charge in [-0.3, -0.25) is 24.2 Å². The molecule has 160 valence electrons. The zero-order chi connectivity index (χ0) is 22.4. The predicted octanol–water partition coefficient (Wildman–Crippen LogP) is 4.68. The number of fused-ring (bicyclic) bond motifs is 2. The number of aromatic nitrogens is 1. The van der Waals surface area contributed by atoms with Crippen LogP contribution in [-0.2, 0) is 11.3 Å². The van der Waals surface area contributed by atoms with E-state index in [2.05, 4.69) is 4.98 Å². The number of amides is 3. The fourth-order valence-corrected chi connectivity index (χ4v) is 4.96. The van der Waals surface area contributed by atoms with Crippen LogP contribution < -0.4 is 4.90 Å². The number of imide groups is 1. The van der Waals surface area contributed by atoms with E-state index in [1.54, 1.807) is 42.5 Å². The summed E-state index contributed by atoms with van der Waals surface area (Å²) >= 11 is 7.62. The Labute approximate surface area is 191 Å². The number of halogens is 1. The number of furan rings is 1. The monoisotopic (exact) mass is 465 g/mol. The van der Waals surface area contributed by atoms with E-state index >= 15 is 0 Å². The van der Waals surface area contributed by atoms with Gasteiger partial charge in [0, 0.05) is 0 Å². The highest BCUT2D eigenvalue weighted by Crippen LogP contribution is 2.36. The predicted molar refractivity (Wildman–Crippen MR) is 121 cm³/mol. The molecule has 1 aliphatic rings. The molecule has 3 amide bonds. The molecule has 2 aromatic heterocycles. The van der Waals surface area contributed by atoms with E-state index in [-0.39, 0.29) is 6.54 Å². The van der Waals surface area contributed by atoms with Crippen molar-refractivity contribution >= 4 is 56.0 Å². The number of anilines is 1. The topological polar surface area (TPSA) is 83.7 Å². The van der Waals surface area contributed by atoms with Gasteiger partial charge >= 0.3 is 0 Å². The van der Waals surface area contributed by atoms with Crippen molar-refractivity contribution in [1.29, 1.82) is 0 Å². The van der Waals surface area contributed by atoms with Gasteiger partial charge in [0.05, 0.1) is 39.2 Å². The third kappa shape index (κ3) is 3.37. The fraction of sp³-hybridized carbons (Fsp3) is 0.130. The largest absolute Gasteiger partial charge is 0.467 e. The molecular formula is C23H16ClN3O4S. The van der Waals surface area contributed by atoms with Gasteiger partial charge in [0.15, 0.2) is 5.13 Å². The zero-order valence-corrected chi connectivity index (χ0v) is 18.4. The molecule has 2 aromatic carbocycles. The number of carbonyl (C=O) groups is 3. The molecule has 7 nitrogen and oxygen atoms in total. The molecule has 3 heterocycles. The van der Waals surface area contributed by atoms with Crippen molar-refractivity contribution < 1.29 is 18.8 Å². The summed E-state index contributed by atoms with van der Waals surface area (Å²) in [5, 5.41) is 0.953. The van der Waals surface area contributed by atoms with Crippen molar-refractivity contribution in [2.45, 2.75) is 13.5 Å². The van der Waals surface area contributed by atoms with Crippen molar-refractivity contribution in [2.24, 2.45) is 0 Å². The second-order valence-electron chi connectivity index (χ2n) is 7.34. The molecule has 0 atom stereocenters. The van der Waals surface area contributed by atoms with E-state index in [0.717, 1.165) is 15.2 Å². The van der Waals surface area contributed by atoms with E-state index in [1.165, 1.54) is 22.5 Å². The Kier molecular flexibility index (Phi) is 5.03. The smallest absolute Gasteiger partial charge is 0.262 e. The number of benzene rings is 2. The van der Waals surface area contributed by atoms with Crippen LogP contribution >= 0.6 is 22.9 Å². The first-order chi connectivity index (χ1) is 15.4. The van der Waals surface area contributed by atoms with E-state index in [4.69, 9.17) is 16.0 Å². The molecule has 4 aromatic rings. The van der Waals surface area contributed by atoms with Crippen LogP contribution in [0, 0.1) is 6.92 Å². The number of aryl methyl sites for hydroxylation is 1. The normalized spacial score (nSPS) is 13.1. The van der Waals surface area contributed by atoms with Gasteiger partial charge < -0.3 is 4.42 Å². The minimum absolute atomic E-state index is 0.103. The first-order valence-corrected chi connectivity index (χ1v) is 11.0. The Morgan fingerprint density at radius 3 is 2.44 bits per heavy atom. The molecule has 0 unspecified atom stereocenters. The van der Waals surface area contributed by atoms with Crippen LogP contribution in [0.15, 0.2) is 59.2 Å². The lowest BCUT2D eigenvalue weighted by molar-refractivity contribution is -0.119. The number of nitrogens with zero attached hydrogens (tertiary/aromatic N) is 3. The number of hydrogen-bond acceptors (Lipinski definition) is 6.